The highest BCUT2D eigenvalue weighted by Crippen LogP contribution is 2.30. The van der Waals surface area contributed by atoms with E-state index >= 15 is 0 Å². The Morgan fingerprint density at radius 3 is 2.25 bits per heavy atom. The lowest BCUT2D eigenvalue weighted by Gasteiger charge is -2.27. The summed E-state index contributed by atoms with van der Waals surface area (Å²) in [7, 11) is -3.95. The highest BCUT2D eigenvalue weighted by Gasteiger charge is 2.28. The number of hydrogen-bond acceptors (Lipinski definition) is 3. The van der Waals surface area contributed by atoms with Crippen LogP contribution < -0.4 is 9.62 Å². The van der Waals surface area contributed by atoms with Crippen molar-refractivity contribution < 1.29 is 13.2 Å². The predicted octanol–water partition coefficient (Wildman–Crippen LogP) is 5.57. The van der Waals surface area contributed by atoms with Crippen molar-refractivity contribution in [3.8, 4) is 0 Å². The largest absolute Gasteiger partial charge is 0.350 e. The number of halogens is 1. The summed E-state index contributed by atoms with van der Waals surface area (Å²) < 4.78 is 28.8. The van der Waals surface area contributed by atoms with Crippen LogP contribution in [0.25, 0.3) is 0 Å². The SMILES string of the molecule is CC[C@H](C)NC(=O)c1ccccc1N(Cc1ccc(Cl)cc1)S(=O)(=O)c1ccc(C)cc1. The van der Waals surface area contributed by atoms with Gasteiger partial charge in [0.15, 0.2) is 0 Å². The van der Waals surface area contributed by atoms with Gasteiger partial charge in [0.05, 0.1) is 22.7 Å². The fraction of sp³-hybridized carbons (Fsp3) is 0.240. The predicted molar refractivity (Wildman–Crippen MR) is 130 cm³/mol. The zero-order chi connectivity index (χ0) is 23.3. The molecule has 3 aromatic rings. The number of nitrogens with one attached hydrogen (secondary N) is 1. The average Bonchev–Trinajstić information content (AvgIpc) is 2.78. The molecule has 0 radical (unpaired) electrons. The van der Waals surface area contributed by atoms with Gasteiger partial charge in [0.2, 0.25) is 0 Å². The van der Waals surface area contributed by atoms with Crippen LogP contribution in [0.3, 0.4) is 0 Å². The second-order valence-corrected chi connectivity index (χ2v) is 10.0. The number of carbonyl (C=O) groups excluding carboxylic acids is 1. The van der Waals surface area contributed by atoms with E-state index in [0.717, 1.165) is 17.5 Å². The number of anilines is 1. The molecule has 0 aliphatic carbocycles. The van der Waals surface area contributed by atoms with E-state index in [0.29, 0.717) is 16.3 Å². The number of carbonyl (C=O) groups is 1. The minimum absolute atomic E-state index is 0.0334. The fourth-order valence-corrected chi connectivity index (χ4v) is 4.78. The molecule has 3 aromatic carbocycles. The van der Waals surface area contributed by atoms with E-state index in [4.69, 9.17) is 11.6 Å². The molecule has 0 aliphatic rings. The number of aryl methyl sites for hydroxylation is 1. The molecule has 7 heteroatoms. The van der Waals surface area contributed by atoms with Gasteiger partial charge in [-0.05, 0) is 62.2 Å². The second kappa shape index (κ2) is 10.2. The van der Waals surface area contributed by atoms with Crippen molar-refractivity contribution in [1.82, 2.24) is 5.32 Å². The van der Waals surface area contributed by atoms with Crippen molar-refractivity contribution >= 4 is 33.2 Å². The maximum absolute atomic E-state index is 13.7. The summed E-state index contributed by atoms with van der Waals surface area (Å²) >= 11 is 6.01. The molecular weight excluding hydrogens is 444 g/mol. The Morgan fingerprint density at radius 1 is 1.00 bits per heavy atom. The summed E-state index contributed by atoms with van der Waals surface area (Å²) in [5, 5.41) is 3.50. The van der Waals surface area contributed by atoms with Crippen LogP contribution in [0.5, 0.6) is 0 Å². The van der Waals surface area contributed by atoms with Gasteiger partial charge in [-0.25, -0.2) is 8.42 Å². The number of rotatable bonds is 8. The van der Waals surface area contributed by atoms with Crippen LogP contribution >= 0.6 is 11.6 Å². The molecule has 0 saturated heterocycles. The highest BCUT2D eigenvalue weighted by molar-refractivity contribution is 7.92. The smallest absolute Gasteiger partial charge is 0.264 e. The summed E-state index contributed by atoms with van der Waals surface area (Å²) in [6, 6.07) is 20.4. The maximum Gasteiger partial charge on any atom is 0.264 e. The lowest BCUT2D eigenvalue weighted by molar-refractivity contribution is 0.0940. The van der Waals surface area contributed by atoms with E-state index in [2.05, 4.69) is 5.32 Å². The summed E-state index contributed by atoms with van der Waals surface area (Å²) in [4.78, 5) is 13.2. The van der Waals surface area contributed by atoms with Crippen LogP contribution in [-0.2, 0) is 16.6 Å². The molecule has 0 spiro atoms. The van der Waals surface area contributed by atoms with E-state index in [1.54, 1.807) is 72.8 Å². The molecule has 1 atom stereocenters. The summed E-state index contributed by atoms with van der Waals surface area (Å²) in [6.07, 6.45) is 0.768. The summed E-state index contributed by atoms with van der Waals surface area (Å²) in [5.74, 6) is -0.310. The first-order valence-electron chi connectivity index (χ1n) is 10.5. The average molecular weight is 471 g/mol. The van der Waals surface area contributed by atoms with E-state index in [9.17, 15) is 13.2 Å². The standard InChI is InChI=1S/C25H27ClN2O3S/c1-4-19(3)27-25(29)23-7-5-6-8-24(23)28(17-20-11-13-21(26)14-12-20)32(30,31)22-15-9-18(2)10-16-22/h5-16,19H,4,17H2,1-3H3,(H,27,29)/t19-/m0/s1. The molecule has 3 rings (SSSR count). The second-order valence-electron chi connectivity index (χ2n) is 7.75. The first-order chi connectivity index (χ1) is 15.2. The Labute approximate surface area is 195 Å². The Bertz CT molecular complexity index is 1180. The molecule has 0 fully saturated rings. The van der Waals surface area contributed by atoms with Crippen molar-refractivity contribution in [3.63, 3.8) is 0 Å². The van der Waals surface area contributed by atoms with Gasteiger partial charge in [-0.1, -0.05) is 60.5 Å². The molecule has 168 valence electrons. The van der Waals surface area contributed by atoms with Crippen LogP contribution in [0.4, 0.5) is 5.69 Å². The Balaban J connectivity index is 2.12. The van der Waals surface area contributed by atoms with Gasteiger partial charge in [-0.15, -0.1) is 0 Å². The lowest BCUT2D eigenvalue weighted by atomic mass is 10.1. The first-order valence-corrected chi connectivity index (χ1v) is 12.3. The number of para-hydroxylation sites is 1. The minimum Gasteiger partial charge on any atom is -0.350 e. The van der Waals surface area contributed by atoms with Crippen LogP contribution in [-0.4, -0.2) is 20.4 Å². The van der Waals surface area contributed by atoms with Gasteiger partial charge >= 0.3 is 0 Å². The Kier molecular flexibility index (Phi) is 7.59. The molecule has 5 nitrogen and oxygen atoms in total. The van der Waals surface area contributed by atoms with Gasteiger partial charge in [0, 0.05) is 11.1 Å². The van der Waals surface area contributed by atoms with Gasteiger partial charge in [-0.2, -0.15) is 0 Å². The molecule has 0 bridgehead atoms. The molecule has 32 heavy (non-hydrogen) atoms. The van der Waals surface area contributed by atoms with Crippen LogP contribution in [0.2, 0.25) is 5.02 Å². The molecule has 0 aliphatic heterocycles. The maximum atomic E-state index is 13.7. The number of benzene rings is 3. The van der Waals surface area contributed by atoms with E-state index in [-0.39, 0.29) is 23.4 Å². The third-order valence-electron chi connectivity index (χ3n) is 5.26. The zero-order valence-corrected chi connectivity index (χ0v) is 20.0. The molecule has 0 saturated carbocycles. The van der Waals surface area contributed by atoms with Crippen molar-refractivity contribution in [1.29, 1.82) is 0 Å². The number of nitrogens with zero attached hydrogens (tertiary/aromatic N) is 1. The number of sulfonamides is 1. The van der Waals surface area contributed by atoms with E-state index in [1.165, 1.54) is 4.31 Å². The monoisotopic (exact) mass is 470 g/mol. The van der Waals surface area contributed by atoms with Gasteiger partial charge < -0.3 is 5.32 Å². The zero-order valence-electron chi connectivity index (χ0n) is 18.4. The van der Waals surface area contributed by atoms with Gasteiger partial charge in [0.1, 0.15) is 0 Å². The third kappa shape index (κ3) is 5.50. The van der Waals surface area contributed by atoms with Crippen LogP contribution in [0.15, 0.2) is 77.7 Å². The highest BCUT2D eigenvalue weighted by atomic mass is 35.5. The number of hydrogen-bond donors (Lipinski definition) is 1. The van der Waals surface area contributed by atoms with Gasteiger partial charge in [-0.3, -0.25) is 9.10 Å². The number of amides is 1. The summed E-state index contributed by atoms with van der Waals surface area (Å²) in [6.45, 7) is 5.85. The normalized spacial score (nSPS) is 12.2. The molecule has 0 heterocycles. The molecule has 0 aromatic heterocycles. The van der Waals surface area contributed by atoms with Crippen molar-refractivity contribution in [2.45, 2.75) is 44.7 Å². The van der Waals surface area contributed by atoms with Crippen LogP contribution in [0.1, 0.15) is 41.8 Å². The minimum atomic E-state index is -3.95. The lowest BCUT2D eigenvalue weighted by Crippen LogP contribution is -2.36. The topological polar surface area (TPSA) is 66.5 Å². The Morgan fingerprint density at radius 2 is 1.62 bits per heavy atom. The molecule has 1 amide bonds. The third-order valence-corrected chi connectivity index (χ3v) is 7.28. The molecular formula is C25H27ClN2O3S. The Hall–Kier alpha value is -2.83. The molecule has 0 unspecified atom stereocenters. The fourth-order valence-electron chi connectivity index (χ4n) is 3.18. The van der Waals surface area contributed by atoms with Crippen molar-refractivity contribution in [2.24, 2.45) is 0 Å². The van der Waals surface area contributed by atoms with E-state index < -0.39 is 10.0 Å². The van der Waals surface area contributed by atoms with Crippen molar-refractivity contribution in [2.75, 3.05) is 4.31 Å². The van der Waals surface area contributed by atoms with E-state index in [1.807, 2.05) is 20.8 Å². The van der Waals surface area contributed by atoms with Crippen LogP contribution in [0, 0.1) is 6.92 Å². The molecule has 1 N–H and O–H groups in total. The van der Waals surface area contributed by atoms with Gasteiger partial charge in [0.25, 0.3) is 15.9 Å². The summed E-state index contributed by atoms with van der Waals surface area (Å²) in [5.41, 5.74) is 2.34. The quantitative estimate of drug-likeness (QED) is 0.467. The van der Waals surface area contributed by atoms with Crippen molar-refractivity contribution in [3.05, 3.63) is 94.5 Å². The first kappa shape index (κ1) is 23.8.